The zero-order valence-electron chi connectivity index (χ0n) is 7.90. The van der Waals surface area contributed by atoms with E-state index in [1.807, 2.05) is 0 Å². The quantitative estimate of drug-likeness (QED) is 0.728. The summed E-state index contributed by atoms with van der Waals surface area (Å²) in [5, 5.41) is 7.40. The first-order chi connectivity index (χ1) is 6.63. The van der Waals surface area contributed by atoms with Gasteiger partial charge in [0.15, 0.2) is 0 Å². The number of rotatable bonds is 5. The van der Waals surface area contributed by atoms with Crippen LogP contribution in [-0.4, -0.2) is 28.8 Å². The van der Waals surface area contributed by atoms with Gasteiger partial charge >= 0.3 is 0 Å². The lowest BCUT2D eigenvalue weighted by atomic mass is 10.2. The Balaban J connectivity index is 2.43. The van der Waals surface area contributed by atoms with E-state index in [1.165, 1.54) is 0 Å². The van der Waals surface area contributed by atoms with Gasteiger partial charge in [0, 0.05) is 12.7 Å². The summed E-state index contributed by atoms with van der Waals surface area (Å²) in [5.74, 6) is -0.356. The van der Waals surface area contributed by atoms with E-state index in [2.05, 4.69) is 10.4 Å². The molecular formula is C8H13ClN4O. The molecule has 0 aliphatic heterocycles. The number of aryl methyl sites for hydroxylation is 1. The van der Waals surface area contributed by atoms with Gasteiger partial charge in [-0.2, -0.15) is 5.10 Å². The SMILES string of the molecule is CNC(CCn1cc(Cl)cn1)C(N)=O. The van der Waals surface area contributed by atoms with E-state index >= 15 is 0 Å². The van der Waals surface area contributed by atoms with E-state index in [-0.39, 0.29) is 11.9 Å². The van der Waals surface area contributed by atoms with Crippen molar-refractivity contribution >= 4 is 17.5 Å². The van der Waals surface area contributed by atoms with Gasteiger partial charge < -0.3 is 11.1 Å². The summed E-state index contributed by atoms with van der Waals surface area (Å²) in [5.41, 5.74) is 5.16. The highest BCUT2D eigenvalue weighted by atomic mass is 35.5. The Morgan fingerprint density at radius 1 is 1.86 bits per heavy atom. The number of primary amides is 1. The molecule has 1 atom stereocenters. The van der Waals surface area contributed by atoms with Crippen molar-refractivity contribution in [3.8, 4) is 0 Å². The highest BCUT2D eigenvalue weighted by molar-refractivity contribution is 6.30. The summed E-state index contributed by atoms with van der Waals surface area (Å²) >= 11 is 5.68. The summed E-state index contributed by atoms with van der Waals surface area (Å²) in [6.45, 7) is 0.612. The molecule has 0 bridgehead atoms. The topological polar surface area (TPSA) is 72.9 Å². The molecular weight excluding hydrogens is 204 g/mol. The molecule has 3 N–H and O–H groups in total. The van der Waals surface area contributed by atoms with E-state index < -0.39 is 0 Å². The molecule has 6 heteroatoms. The number of carbonyl (C=O) groups excluding carboxylic acids is 1. The van der Waals surface area contributed by atoms with E-state index in [4.69, 9.17) is 17.3 Å². The van der Waals surface area contributed by atoms with Crippen LogP contribution < -0.4 is 11.1 Å². The molecule has 0 aromatic carbocycles. The number of nitrogens with zero attached hydrogens (tertiary/aromatic N) is 2. The van der Waals surface area contributed by atoms with E-state index in [1.54, 1.807) is 24.1 Å². The molecule has 0 radical (unpaired) electrons. The Morgan fingerprint density at radius 2 is 2.57 bits per heavy atom. The second kappa shape index (κ2) is 4.97. The molecule has 0 saturated carbocycles. The van der Waals surface area contributed by atoms with Crippen LogP contribution in [-0.2, 0) is 11.3 Å². The third kappa shape index (κ3) is 3.01. The summed E-state index contributed by atoms with van der Waals surface area (Å²) in [7, 11) is 1.70. The number of hydrogen-bond acceptors (Lipinski definition) is 3. The molecule has 0 spiro atoms. The molecule has 0 aliphatic rings. The zero-order chi connectivity index (χ0) is 10.6. The number of likely N-dealkylation sites (N-methyl/N-ethyl adjacent to an activating group) is 1. The average Bonchev–Trinajstić information content (AvgIpc) is 2.52. The van der Waals surface area contributed by atoms with Gasteiger partial charge in [0.1, 0.15) is 0 Å². The van der Waals surface area contributed by atoms with Crippen LogP contribution in [0.4, 0.5) is 0 Å². The average molecular weight is 217 g/mol. The Bertz CT molecular complexity index is 312. The van der Waals surface area contributed by atoms with Crippen molar-refractivity contribution in [3.63, 3.8) is 0 Å². The van der Waals surface area contributed by atoms with Crippen LogP contribution in [0.1, 0.15) is 6.42 Å². The number of amides is 1. The molecule has 0 saturated heterocycles. The van der Waals surface area contributed by atoms with Crippen molar-refractivity contribution in [1.29, 1.82) is 0 Å². The van der Waals surface area contributed by atoms with Gasteiger partial charge in [-0.15, -0.1) is 0 Å². The highest BCUT2D eigenvalue weighted by Gasteiger charge is 2.12. The second-order valence-corrected chi connectivity index (χ2v) is 3.39. The molecule has 1 aromatic rings. The maximum absolute atomic E-state index is 10.9. The van der Waals surface area contributed by atoms with Crippen molar-refractivity contribution in [2.75, 3.05) is 7.05 Å². The van der Waals surface area contributed by atoms with Crippen LogP contribution in [0.3, 0.4) is 0 Å². The molecule has 1 heterocycles. The molecule has 1 unspecified atom stereocenters. The lowest BCUT2D eigenvalue weighted by molar-refractivity contribution is -0.120. The van der Waals surface area contributed by atoms with Crippen LogP contribution in [0, 0.1) is 0 Å². The summed E-state index contributed by atoms with van der Waals surface area (Å²) < 4.78 is 1.68. The van der Waals surface area contributed by atoms with Crippen LogP contribution in [0.25, 0.3) is 0 Å². The molecule has 5 nitrogen and oxygen atoms in total. The molecule has 14 heavy (non-hydrogen) atoms. The molecule has 0 fully saturated rings. The minimum absolute atomic E-state index is 0.321. The zero-order valence-corrected chi connectivity index (χ0v) is 8.66. The van der Waals surface area contributed by atoms with Crippen LogP contribution >= 0.6 is 11.6 Å². The van der Waals surface area contributed by atoms with Crippen LogP contribution in [0.2, 0.25) is 5.02 Å². The van der Waals surface area contributed by atoms with E-state index in [0.717, 1.165) is 0 Å². The molecule has 78 valence electrons. The summed E-state index contributed by atoms with van der Waals surface area (Å²) in [6, 6.07) is -0.321. The minimum Gasteiger partial charge on any atom is -0.368 e. The van der Waals surface area contributed by atoms with Gasteiger partial charge in [0.2, 0.25) is 5.91 Å². The maximum atomic E-state index is 10.9. The van der Waals surface area contributed by atoms with Gasteiger partial charge in [-0.3, -0.25) is 9.48 Å². The minimum atomic E-state index is -0.356. The normalized spacial score (nSPS) is 12.7. The lowest BCUT2D eigenvalue weighted by Gasteiger charge is -2.11. The maximum Gasteiger partial charge on any atom is 0.234 e. The van der Waals surface area contributed by atoms with Crippen molar-refractivity contribution in [2.24, 2.45) is 5.73 Å². The molecule has 1 rings (SSSR count). The fourth-order valence-electron chi connectivity index (χ4n) is 1.15. The molecule has 1 aromatic heterocycles. The first-order valence-corrected chi connectivity index (χ1v) is 4.66. The van der Waals surface area contributed by atoms with Gasteiger partial charge in [-0.05, 0) is 13.5 Å². The van der Waals surface area contributed by atoms with Crippen LogP contribution in [0.15, 0.2) is 12.4 Å². The first kappa shape index (κ1) is 11.0. The van der Waals surface area contributed by atoms with E-state index in [9.17, 15) is 4.79 Å². The van der Waals surface area contributed by atoms with Crippen LogP contribution in [0.5, 0.6) is 0 Å². The number of nitrogens with one attached hydrogen (secondary N) is 1. The van der Waals surface area contributed by atoms with Crippen molar-refractivity contribution < 1.29 is 4.79 Å². The summed E-state index contributed by atoms with van der Waals surface area (Å²) in [4.78, 5) is 10.9. The number of hydrogen-bond donors (Lipinski definition) is 2. The lowest BCUT2D eigenvalue weighted by Crippen LogP contribution is -2.39. The van der Waals surface area contributed by atoms with Crippen molar-refractivity contribution in [1.82, 2.24) is 15.1 Å². The number of nitrogens with two attached hydrogens (primary N) is 1. The van der Waals surface area contributed by atoms with Crippen molar-refractivity contribution in [2.45, 2.75) is 19.0 Å². The third-order valence-corrected chi connectivity index (χ3v) is 2.14. The fourth-order valence-corrected chi connectivity index (χ4v) is 1.31. The van der Waals surface area contributed by atoms with Gasteiger partial charge in [0.05, 0.1) is 17.3 Å². The number of halogens is 1. The fraction of sp³-hybridized carbons (Fsp3) is 0.500. The molecule has 0 aliphatic carbocycles. The predicted octanol–water partition coefficient (Wildman–Crippen LogP) is -0.000100. The largest absolute Gasteiger partial charge is 0.368 e. The van der Waals surface area contributed by atoms with E-state index in [0.29, 0.717) is 18.0 Å². The Kier molecular flexibility index (Phi) is 3.91. The smallest absolute Gasteiger partial charge is 0.234 e. The molecule has 1 amide bonds. The second-order valence-electron chi connectivity index (χ2n) is 2.95. The summed E-state index contributed by atoms with van der Waals surface area (Å²) in [6.07, 6.45) is 3.86. The third-order valence-electron chi connectivity index (χ3n) is 1.94. The Morgan fingerprint density at radius 3 is 3.00 bits per heavy atom. The standard InChI is InChI=1S/C8H13ClN4O/c1-11-7(8(10)14)2-3-13-5-6(9)4-12-13/h4-5,7,11H,2-3H2,1H3,(H2,10,14). The number of aromatic nitrogens is 2. The van der Waals surface area contributed by atoms with Crippen molar-refractivity contribution in [3.05, 3.63) is 17.4 Å². The Labute approximate surface area is 87.2 Å². The predicted molar refractivity (Wildman–Crippen MR) is 53.9 cm³/mol. The van der Waals surface area contributed by atoms with Gasteiger partial charge in [-0.25, -0.2) is 0 Å². The highest BCUT2D eigenvalue weighted by Crippen LogP contribution is 2.05. The Hall–Kier alpha value is -1.07. The first-order valence-electron chi connectivity index (χ1n) is 4.28. The number of carbonyl (C=O) groups is 1. The van der Waals surface area contributed by atoms with Gasteiger partial charge in [-0.1, -0.05) is 11.6 Å². The van der Waals surface area contributed by atoms with Gasteiger partial charge in [0.25, 0.3) is 0 Å². The monoisotopic (exact) mass is 216 g/mol.